The Hall–Kier alpha value is -9.17. The number of nitrogen functional groups attached to an aromatic ring is 1. The van der Waals surface area contributed by atoms with E-state index in [4.69, 9.17) is 5.73 Å². The number of nitrogens with zero attached hydrogens (tertiary/aromatic N) is 6. The summed E-state index contributed by atoms with van der Waals surface area (Å²) in [5, 5.41) is 20.0. The molecular formula is C75H97N15O9S. The van der Waals surface area contributed by atoms with E-state index in [1.54, 1.807) is 54.9 Å². The van der Waals surface area contributed by atoms with Crippen molar-refractivity contribution in [3.8, 4) is 0 Å². The molecule has 3 saturated heterocycles. The van der Waals surface area contributed by atoms with Crippen LogP contribution >= 0.6 is 0 Å². The molecule has 6 fully saturated rings. The fraction of sp³-hybridized carbons (Fsp3) is 0.467. The molecule has 10 N–H and O–H groups in total. The molecule has 532 valence electrons. The molecule has 6 aliphatic rings. The van der Waals surface area contributed by atoms with E-state index in [0.717, 1.165) is 168 Å². The first kappa shape index (κ1) is 73.5. The summed E-state index contributed by atoms with van der Waals surface area (Å²) in [6.07, 6.45) is 19.1. The van der Waals surface area contributed by atoms with E-state index in [2.05, 4.69) is 71.6 Å². The van der Waals surface area contributed by atoms with Gasteiger partial charge in [0.2, 0.25) is 33.7 Å². The number of aryl methyl sites for hydroxylation is 3. The van der Waals surface area contributed by atoms with Crippen molar-refractivity contribution in [2.24, 2.45) is 0 Å². The van der Waals surface area contributed by atoms with Gasteiger partial charge in [0.25, 0.3) is 17.7 Å². The van der Waals surface area contributed by atoms with E-state index in [1.165, 1.54) is 6.92 Å². The number of nitrogens with one attached hydrogen (secondary N) is 8. The molecule has 3 aliphatic heterocycles. The molecule has 12 rings (SSSR count). The van der Waals surface area contributed by atoms with Crippen molar-refractivity contribution in [3.63, 3.8) is 0 Å². The van der Waals surface area contributed by atoms with E-state index < -0.39 is 10.0 Å². The molecule has 3 saturated carbocycles. The van der Waals surface area contributed by atoms with Gasteiger partial charge in [-0.3, -0.25) is 67.9 Å². The van der Waals surface area contributed by atoms with Crippen molar-refractivity contribution in [2.45, 2.75) is 159 Å². The number of amides is 7. The third-order valence-electron chi connectivity index (χ3n) is 19.8. The first-order valence-corrected chi connectivity index (χ1v) is 37.0. The second kappa shape index (κ2) is 34.7. The molecule has 0 atom stereocenters. The summed E-state index contributed by atoms with van der Waals surface area (Å²) in [7, 11) is -3.35. The van der Waals surface area contributed by atoms with Gasteiger partial charge in [0, 0.05) is 117 Å². The lowest BCUT2D eigenvalue weighted by molar-refractivity contribution is -0.123. The van der Waals surface area contributed by atoms with Gasteiger partial charge in [-0.2, -0.15) is 0 Å². The van der Waals surface area contributed by atoms with Gasteiger partial charge in [-0.25, -0.2) is 8.42 Å². The summed E-state index contributed by atoms with van der Waals surface area (Å²) >= 11 is 0. The van der Waals surface area contributed by atoms with Crippen molar-refractivity contribution >= 4 is 68.4 Å². The predicted octanol–water partition coefficient (Wildman–Crippen LogP) is 6.85. The first-order chi connectivity index (χ1) is 48.1. The molecule has 3 aromatic carbocycles. The van der Waals surface area contributed by atoms with Gasteiger partial charge in [-0.05, 0) is 171 Å². The second-order valence-electron chi connectivity index (χ2n) is 27.7. The molecule has 3 aromatic heterocycles. The van der Waals surface area contributed by atoms with Crippen LogP contribution in [-0.4, -0.2) is 181 Å². The molecule has 0 bridgehead atoms. The quantitative estimate of drug-likeness (QED) is 0.0356. The molecule has 24 nitrogen and oxygen atoms in total. The highest BCUT2D eigenvalue weighted by atomic mass is 32.2. The predicted molar refractivity (Wildman–Crippen MR) is 386 cm³/mol. The van der Waals surface area contributed by atoms with Crippen LogP contribution in [0, 0.1) is 20.8 Å². The third kappa shape index (κ3) is 21.2. The number of anilines is 3. The van der Waals surface area contributed by atoms with E-state index in [1.807, 2.05) is 93.7 Å². The van der Waals surface area contributed by atoms with Crippen molar-refractivity contribution < 1.29 is 42.0 Å². The van der Waals surface area contributed by atoms with Gasteiger partial charge in [0.15, 0.2) is 0 Å². The van der Waals surface area contributed by atoms with Crippen LogP contribution in [0.4, 0.5) is 17.1 Å². The van der Waals surface area contributed by atoms with Crippen LogP contribution in [0.15, 0.2) is 128 Å². The fourth-order valence-corrected chi connectivity index (χ4v) is 15.2. The Labute approximate surface area is 587 Å². The molecule has 6 aromatic rings. The number of likely N-dealkylation sites (tertiary alicyclic amines) is 3. The molecule has 3 aliphatic carbocycles. The van der Waals surface area contributed by atoms with E-state index in [-0.39, 0.29) is 85.0 Å². The molecule has 100 heavy (non-hydrogen) atoms. The van der Waals surface area contributed by atoms with Crippen molar-refractivity contribution in [3.05, 3.63) is 178 Å². The van der Waals surface area contributed by atoms with Crippen LogP contribution in [0.25, 0.3) is 0 Å². The number of aromatic nitrogens is 3. The first-order valence-electron chi connectivity index (χ1n) is 35.1. The van der Waals surface area contributed by atoms with Gasteiger partial charge in [-0.1, -0.05) is 53.1 Å². The van der Waals surface area contributed by atoms with E-state index >= 15 is 0 Å². The van der Waals surface area contributed by atoms with Gasteiger partial charge < -0.3 is 43.0 Å². The molecular weight excluding hydrogens is 1290 g/mol. The number of hydrogen-bond acceptors (Lipinski definition) is 16. The lowest BCUT2D eigenvalue weighted by Gasteiger charge is -2.46. The lowest BCUT2D eigenvalue weighted by Crippen LogP contribution is -2.63. The van der Waals surface area contributed by atoms with Gasteiger partial charge in [0.05, 0.1) is 78.2 Å². The fourth-order valence-electron chi connectivity index (χ4n) is 14.7. The van der Waals surface area contributed by atoms with E-state index in [0.29, 0.717) is 52.3 Å². The Morgan fingerprint density at radius 2 is 0.760 bits per heavy atom. The van der Waals surface area contributed by atoms with Crippen LogP contribution in [0.5, 0.6) is 0 Å². The van der Waals surface area contributed by atoms with Gasteiger partial charge in [0.1, 0.15) is 0 Å². The van der Waals surface area contributed by atoms with Crippen LogP contribution in [0.3, 0.4) is 0 Å². The van der Waals surface area contributed by atoms with Crippen LogP contribution in [0.2, 0.25) is 0 Å². The minimum Gasteiger partial charge on any atom is -0.397 e. The lowest BCUT2D eigenvalue weighted by atomic mass is 9.81. The summed E-state index contributed by atoms with van der Waals surface area (Å²) < 4.78 is 26.0. The van der Waals surface area contributed by atoms with Crippen molar-refractivity contribution in [2.75, 3.05) is 80.9 Å². The minimum absolute atomic E-state index is 0.000118. The van der Waals surface area contributed by atoms with Crippen LogP contribution in [-0.2, 0) is 29.2 Å². The maximum absolute atomic E-state index is 12.3. The number of sulfonamides is 1. The minimum atomic E-state index is -3.35. The molecule has 7 amide bonds. The smallest absolute Gasteiger partial charge is 0.251 e. The number of hydrogen-bond donors (Lipinski definition) is 9. The highest BCUT2D eigenvalue weighted by Crippen LogP contribution is 2.41. The molecule has 0 radical (unpaired) electrons. The molecule has 25 heteroatoms. The maximum atomic E-state index is 12.3. The third-order valence-corrected chi connectivity index (χ3v) is 20.4. The average Bonchev–Trinajstić information content (AvgIpc) is 0.816. The number of nitrogens with two attached hydrogens (primary N) is 1. The summed E-state index contributed by atoms with van der Waals surface area (Å²) in [5.74, 6) is -0.231. The van der Waals surface area contributed by atoms with Crippen LogP contribution in [0.1, 0.15) is 167 Å². The molecule has 6 heterocycles. The number of rotatable bonds is 21. The van der Waals surface area contributed by atoms with Gasteiger partial charge >= 0.3 is 0 Å². The highest BCUT2D eigenvalue weighted by molar-refractivity contribution is 7.92. The summed E-state index contributed by atoms with van der Waals surface area (Å²) in [6, 6.07) is 34.9. The van der Waals surface area contributed by atoms with Crippen molar-refractivity contribution in [1.82, 2.24) is 61.6 Å². The SMILES string of the molecule is CC(=O)Nc1cccnc1C1CCC(N2CC(NC(=O)CNC(=O)c3cccc(C)c3)C2)CC1.Cc1cccc(C(=O)NCC(=O)NC2CN(C3CCC(c4ncccc4N)CC3)C2)c1.Cc1cccc(C(=O)NCC(=O)NC2CN(C3CCC(c4ncccc4NS(C)(=O)=O)CC3)C2)c1. The molecule has 0 unspecified atom stereocenters. The average molecular weight is 1380 g/mol. The summed E-state index contributed by atoms with van der Waals surface area (Å²) in [4.78, 5) is 106. The zero-order valence-corrected chi connectivity index (χ0v) is 58.8. The number of pyridine rings is 3. The number of benzene rings is 3. The highest BCUT2D eigenvalue weighted by Gasteiger charge is 2.39. The molecule has 0 spiro atoms. The Morgan fingerprint density at radius 1 is 0.440 bits per heavy atom. The zero-order valence-electron chi connectivity index (χ0n) is 58.0. The Balaban J connectivity index is 0.000000162. The summed E-state index contributed by atoms with van der Waals surface area (Å²) in [6.45, 7) is 12.3. The Morgan fingerprint density at radius 3 is 1.09 bits per heavy atom. The largest absolute Gasteiger partial charge is 0.397 e. The monoisotopic (exact) mass is 1380 g/mol. The van der Waals surface area contributed by atoms with Crippen molar-refractivity contribution in [1.29, 1.82) is 0 Å². The zero-order chi connectivity index (χ0) is 70.9. The van der Waals surface area contributed by atoms with E-state index in [9.17, 15) is 42.0 Å². The normalized spacial score (nSPS) is 21.2. The topological polar surface area (TPSA) is 324 Å². The van der Waals surface area contributed by atoms with Gasteiger partial charge in [-0.15, -0.1) is 0 Å². The summed E-state index contributed by atoms with van der Waals surface area (Å²) in [5.41, 5.74) is 15.8. The Bertz CT molecular complexity index is 3950. The number of carbonyl (C=O) groups excluding carboxylic acids is 7. The Kier molecular flexibility index (Phi) is 25.6. The van der Waals surface area contributed by atoms with Crippen LogP contribution < -0.4 is 47.7 Å². The number of carbonyl (C=O) groups is 7. The maximum Gasteiger partial charge on any atom is 0.251 e. The second-order valence-corrected chi connectivity index (χ2v) is 29.5. The standard InChI is InChI=1S/C26H33N5O3.C25H33N5O4S.C24H31N5O2/c1-17-5-3-6-20(13-17)26(34)28-14-24(33)30-21-15-31(16-21)22-10-8-19(9-11-22)25-23(29-18(2)32)7-4-12-27-25;1-17-5-3-6-19(13-17)25(32)27-14-23(31)28-20-15-30(16-20)21-10-8-18(9-11-21)24-22(7-4-12-26-24)29-35(2,33)34;1-16-4-2-5-18(12-16)24(31)27-13-22(30)28-19-14-29(15-19)20-9-7-17(8-10-20)23-21(25)6-3-11-26-23/h3-7,12-13,19,21-22H,8-11,14-16H2,1-2H3,(H,28,34)(H,29,32)(H,30,33);3-7,12-13,18,20-21,29H,8-11,14-16H2,1-2H3,(H,27,32)(H,28,31);2-6,11-12,17,19-20H,7-10,13-15,25H2,1H3,(H,27,31)(H,28,30).